The summed E-state index contributed by atoms with van der Waals surface area (Å²) >= 11 is 11.9. The monoisotopic (exact) mass is 1060 g/mol. The van der Waals surface area contributed by atoms with Crippen LogP contribution in [0.15, 0.2) is 60.7 Å². The van der Waals surface area contributed by atoms with Crippen LogP contribution in [-0.2, 0) is 61.5 Å². The van der Waals surface area contributed by atoms with Crippen molar-refractivity contribution in [2.24, 2.45) is 0 Å². The van der Waals surface area contributed by atoms with Crippen molar-refractivity contribution in [2.75, 3.05) is 0 Å². The van der Waals surface area contributed by atoms with Crippen molar-refractivity contribution >= 4 is 53.5 Å². The zero-order chi connectivity index (χ0) is 30.3. The van der Waals surface area contributed by atoms with Crippen molar-refractivity contribution in [3.05, 3.63) is 74.0 Å². The summed E-state index contributed by atoms with van der Waals surface area (Å²) in [6.07, 6.45) is 21.8. The molecular formula is C33H47Au2ClO4P2S2. The van der Waals surface area contributed by atoms with Gasteiger partial charge in [-0.3, -0.25) is 0 Å². The van der Waals surface area contributed by atoms with E-state index in [1.807, 2.05) is 0 Å². The summed E-state index contributed by atoms with van der Waals surface area (Å²) in [4.78, 5) is 0. The molecule has 4 nitrogen and oxygen atoms in total. The van der Waals surface area contributed by atoms with Gasteiger partial charge >= 0.3 is 164 Å². The van der Waals surface area contributed by atoms with Gasteiger partial charge in [0.05, 0.1) is 17.0 Å². The normalized spacial score (nSPS) is 20.1. The summed E-state index contributed by atoms with van der Waals surface area (Å²) in [5, 5.41) is 0.966. The predicted molar refractivity (Wildman–Crippen MR) is 178 cm³/mol. The molecule has 3 aliphatic carbocycles. The third-order valence-electron chi connectivity index (χ3n) is 9.82. The summed E-state index contributed by atoms with van der Waals surface area (Å²) in [6.45, 7) is 3.83. The summed E-state index contributed by atoms with van der Waals surface area (Å²) in [5.74, 6) is 0. The van der Waals surface area contributed by atoms with Gasteiger partial charge in [0.1, 0.15) is 0 Å². The van der Waals surface area contributed by atoms with Crippen LogP contribution in [0.3, 0.4) is 0 Å². The van der Waals surface area contributed by atoms with Crippen molar-refractivity contribution in [2.45, 2.75) is 113 Å². The maximum atomic E-state index is 11.1. The molecule has 44 heavy (non-hydrogen) atoms. The van der Waals surface area contributed by atoms with Crippen molar-refractivity contribution in [3.8, 4) is 0 Å². The van der Waals surface area contributed by atoms with Gasteiger partial charge in [0, 0.05) is 11.2 Å². The van der Waals surface area contributed by atoms with Crippen LogP contribution in [0.2, 0.25) is 0 Å². The van der Waals surface area contributed by atoms with Crippen LogP contribution >= 0.6 is 26.3 Å². The number of hydrogen-bond donors (Lipinski definition) is 0. The third-order valence-corrected chi connectivity index (χ3v) is 22.5. The fourth-order valence-electron chi connectivity index (χ4n) is 7.85. The zero-order valence-corrected chi connectivity index (χ0v) is 33.9. The molecule has 0 radical (unpaired) electrons. The summed E-state index contributed by atoms with van der Waals surface area (Å²) in [5.41, 5.74) is 2.78. The van der Waals surface area contributed by atoms with Crippen LogP contribution in [-0.4, -0.2) is 20.9 Å². The van der Waals surface area contributed by atoms with E-state index < -0.39 is 24.3 Å². The van der Waals surface area contributed by atoms with Crippen LogP contribution in [0.4, 0.5) is 0 Å². The van der Waals surface area contributed by atoms with Crippen LogP contribution in [0.5, 0.6) is 0 Å². The van der Waals surface area contributed by atoms with Crippen molar-refractivity contribution in [1.29, 1.82) is 0 Å². The Kier molecular flexibility index (Phi) is 17.2. The molecule has 3 saturated carbocycles. The molecule has 5 rings (SSSR count). The maximum absolute atomic E-state index is 11.1. The molecule has 2 aromatic rings. The number of halogens is 1. The molecule has 0 unspecified atom stereocenters. The fourth-order valence-corrected chi connectivity index (χ4v) is 21.2. The van der Waals surface area contributed by atoms with Gasteiger partial charge in [-0.15, -0.1) is 0 Å². The van der Waals surface area contributed by atoms with E-state index in [4.69, 9.17) is 28.9 Å². The van der Waals surface area contributed by atoms with Gasteiger partial charge in [0.25, 0.3) is 0 Å². The second-order valence-corrected chi connectivity index (χ2v) is 23.6. The van der Waals surface area contributed by atoms with Crippen molar-refractivity contribution in [3.63, 3.8) is 0 Å². The van der Waals surface area contributed by atoms with E-state index in [-0.39, 0.29) is 44.8 Å². The molecule has 11 heteroatoms. The Morgan fingerprint density at radius 3 is 1.20 bits per heavy atom. The van der Waals surface area contributed by atoms with E-state index in [1.54, 1.807) is 60.7 Å². The number of rotatable bonds is 8. The van der Waals surface area contributed by atoms with Gasteiger partial charge < -0.3 is 24.8 Å². The Labute approximate surface area is 311 Å². The topological polar surface area (TPSA) is 78.4 Å². The van der Waals surface area contributed by atoms with Gasteiger partial charge in [-0.1, -0.05) is 19.3 Å². The third kappa shape index (κ3) is 9.90. The zero-order valence-electron chi connectivity index (χ0n) is 25.4. The Balaban J connectivity index is 0.000000295. The van der Waals surface area contributed by atoms with Crippen molar-refractivity contribution < 1.29 is 73.1 Å². The predicted octanol–water partition coefficient (Wildman–Crippen LogP) is 6.43. The molecule has 0 aromatic heterocycles. The van der Waals surface area contributed by atoms with Gasteiger partial charge in [-0.2, -0.15) is 0 Å². The first-order valence-electron chi connectivity index (χ1n) is 15.6. The molecule has 2 aromatic carbocycles. The molecule has 0 bridgehead atoms. The molecule has 0 amide bonds. The summed E-state index contributed by atoms with van der Waals surface area (Å²) < 4.78 is 39.4. The second kappa shape index (κ2) is 18.3. The number of benzene rings is 2. The summed E-state index contributed by atoms with van der Waals surface area (Å²) in [6, 6.07) is 17.0. The van der Waals surface area contributed by atoms with Gasteiger partial charge in [-0.05, 0) is 77.0 Å². The average molecular weight is 1060 g/mol. The van der Waals surface area contributed by atoms with Crippen LogP contribution in [0.25, 0.3) is 0 Å². The standard InChI is InChI=1S/C19H33PS2.C14H14ClO4P.2Au/c21-19(22)20(16-10-4-1-5-11-16,17-12-6-2-7-13-17)18-14-8-3-9-15-18;1-20(2,19-15(16,17)18,13-9-5-3-6-10-13)14-11-7-4-8-12-14;;/h16-18H,1-15H2;3-12H,1-2H2;;/q;-2;2*+1. The Morgan fingerprint density at radius 1 is 0.659 bits per heavy atom. The number of thiocarbonyl (C=S) groups is 1. The Morgan fingerprint density at radius 2 is 0.955 bits per heavy atom. The first-order chi connectivity index (χ1) is 20.0. The molecular weight excluding hydrogens is 1020 g/mol. The molecule has 0 spiro atoms. The first-order valence-corrected chi connectivity index (χ1v) is 22.1. The average Bonchev–Trinajstić information content (AvgIpc) is 2.99. The minimum atomic E-state index is -4.66. The van der Waals surface area contributed by atoms with Gasteiger partial charge in [-0.25, -0.2) is 0 Å². The van der Waals surface area contributed by atoms with E-state index >= 15 is 0 Å². The van der Waals surface area contributed by atoms with E-state index in [0.29, 0.717) is 10.6 Å². The van der Waals surface area contributed by atoms with Gasteiger partial charge in [0.2, 0.25) is 0 Å². The second-order valence-electron chi connectivity index (χ2n) is 12.5. The quantitative estimate of drug-likeness (QED) is 0.0999. The van der Waals surface area contributed by atoms with E-state index in [0.717, 1.165) is 20.9 Å². The van der Waals surface area contributed by atoms with Crippen molar-refractivity contribution in [1.82, 2.24) is 0 Å². The van der Waals surface area contributed by atoms with Crippen LogP contribution in [0.1, 0.15) is 96.3 Å². The SMILES string of the molecule is S=C([S-])[P+](C1CCCCC1)(C1CCCCC1)C1CCCCC1.[Au+].[Au+].[CH2-]P([CH2-])(O[Cl+3]([O-])([O-])[O-])(c1ccccc1)c1ccccc1. The Bertz CT molecular complexity index is 1050. The first kappa shape index (κ1) is 41.4. The molecule has 0 saturated heterocycles. The van der Waals surface area contributed by atoms with E-state index in [1.165, 1.54) is 96.3 Å². The minimum absolute atomic E-state index is 0. The van der Waals surface area contributed by atoms with Crippen LogP contribution < -0.4 is 24.6 Å². The molecule has 0 heterocycles. The molecule has 0 N–H and O–H groups in total. The Hall–Kier alpha value is 1.22. The molecule has 0 aliphatic heterocycles. The van der Waals surface area contributed by atoms with Gasteiger partial charge in [0.15, 0.2) is 0 Å². The molecule has 3 aliphatic rings. The van der Waals surface area contributed by atoms with E-state index in [9.17, 15) is 14.0 Å². The van der Waals surface area contributed by atoms with E-state index in [2.05, 4.69) is 13.3 Å². The summed E-state index contributed by atoms with van der Waals surface area (Å²) in [7, 11) is -5.90. The van der Waals surface area contributed by atoms with Crippen LogP contribution in [0, 0.1) is 23.6 Å². The molecule has 254 valence electrons. The number of hydrogen-bond acceptors (Lipinski definition) is 6. The molecule has 3 fully saturated rings. The fraction of sp³-hybridized carbons (Fsp3) is 0.545. The molecule has 0 atom stereocenters.